The van der Waals surface area contributed by atoms with Gasteiger partial charge in [0.15, 0.2) is 0 Å². The van der Waals surface area contributed by atoms with E-state index < -0.39 is 5.97 Å². The Morgan fingerprint density at radius 3 is 2.16 bits per heavy atom. The maximum absolute atomic E-state index is 13.1. The van der Waals surface area contributed by atoms with Crippen LogP contribution in [0.15, 0.2) is 48.5 Å². The molecule has 2 aromatic carbocycles. The average molecular weight is 425 g/mol. The molecule has 0 N–H and O–H groups in total. The molecule has 0 radical (unpaired) electrons. The highest BCUT2D eigenvalue weighted by molar-refractivity contribution is 5.95. The van der Waals surface area contributed by atoms with Crippen molar-refractivity contribution in [1.82, 2.24) is 4.90 Å². The van der Waals surface area contributed by atoms with Crippen molar-refractivity contribution in [3.8, 4) is 17.6 Å². The van der Waals surface area contributed by atoms with E-state index in [9.17, 15) is 9.59 Å². The van der Waals surface area contributed by atoms with Crippen molar-refractivity contribution >= 4 is 17.6 Å². The Hall–Kier alpha value is -3.57. The molecule has 0 atom stereocenters. The maximum Gasteiger partial charge on any atom is 0.319 e. The minimum Gasteiger partial charge on any atom is -0.497 e. The van der Waals surface area contributed by atoms with E-state index in [0.29, 0.717) is 23.7 Å². The molecular formula is C23H27N3O5. The van der Waals surface area contributed by atoms with Crippen LogP contribution in [0.1, 0.15) is 12.0 Å². The Balaban J connectivity index is 2.25. The van der Waals surface area contributed by atoms with Gasteiger partial charge in [-0.2, -0.15) is 5.26 Å². The molecule has 0 bridgehead atoms. The summed E-state index contributed by atoms with van der Waals surface area (Å²) in [6.07, 6.45) is 0.199. The minimum atomic E-state index is -0.453. The first-order chi connectivity index (χ1) is 15.0. The zero-order valence-electron chi connectivity index (χ0n) is 18.0. The molecule has 0 saturated heterocycles. The number of methoxy groups -OCH3 is 3. The molecule has 1 amide bonds. The molecule has 0 aromatic heterocycles. The lowest BCUT2D eigenvalue weighted by Gasteiger charge is -2.27. The smallest absolute Gasteiger partial charge is 0.319 e. The van der Waals surface area contributed by atoms with Gasteiger partial charge in [-0.1, -0.05) is 18.2 Å². The third-order valence-corrected chi connectivity index (χ3v) is 4.57. The Morgan fingerprint density at radius 1 is 0.968 bits per heavy atom. The average Bonchev–Trinajstić information content (AvgIpc) is 2.79. The van der Waals surface area contributed by atoms with Gasteiger partial charge in [0.05, 0.1) is 46.9 Å². The molecule has 8 heteroatoms. The zero-order valence-corrected chi connectivity index (χ0v) is 18.0. The molecule has 0 aliphatic heterocycles. The van der Waals surface area contributed by atoms with Crippen LogP contribution in [0.4, 0.5) is 5.69 Å². The number of anilines is 1. The number of para-hydroxylation sites is 1. The quantitative estimate of drug-likeness (QED) is 0.511. The SMILES string of the molecule is COC(=O)CN(CC(=O)N(CCC#N)c1ccccc1)Cc1cc(OC)cc(OC)c1. The highest BCUT2D eigenvalue weighted by Gasteiger charge is 2.21. The Morgan fingerprint density at radius 2 is 1.61 bits per heavy atom. The number of hydrogen-bond donors (Lipinski definition) is 0. The fourth-order valence-electron chi connectivity index (χ4n) is 3.07. The van der Waals surface area contributed by atoms with Crippen molar-refractivity contribution < 1.29 is 23.8 Å². The number of hydrogen-bond acceptors (Lipinski definition) is 7. The summed E-state index contributed by atoms with van der Waals surface area (Å²) >= 11 is 0. The van der Waals surface area contributed by atoms with Gasteiger partial charge in [-0.05, 0) is 29.8 Å². The molecule has 0 spiro atoms. The topological polar surface area (TPSA) is 92.1 Å². The Labute approximate surface area is 182 Å². The van der Waals surface area contributed by atoms with Gasteiger partial charge < -0.3 is 19.1 Å². The summed E-state index contributed by atoms with van der Waals surface area (Å²) in [5.74, 6) is 0.545. The van der Waals surface area contributed by atoms with Crippen LogP contribution in [0, 0.1) is 11.3 Å². The minimum absolute atomic E-state index is 0.0328. The van der Waals surface area contributed by atoms with Crippen LogP contribution in [-0.2, 0) is 20.9 Å². The van der Waals surface area contributed by atoms with E-state index in [1.165, 1.54) is 7.11 Å². The van der Waals surface area contributed by atoms with Crippen molar-refractivity contribution in [2.24, 2.45) is 0 Å². The second-order valence-electron chi connectivity index (χ2n) is 6.73. The van der Waals surface area contributed by atoms with Crippen molar-refractivity contribution in [2.75, 3.05) is 45.9 Å². The van der Waals surface area contributed by atoms with Gasteiger partial charge in [0, 0.05) is 24.8 Å². The van der Waals surface area contributed by atoms with Crippen LogP contribution in [0.5, 0.6) is 11.5 Å². The molecule has 0 saturated carbocycles. The molecule has 0 fully saturated rings. The van der Waals surface area contributed by atoms with Crippen LogP contribution in [0.2, 0.25) is 0 Å². The molecular weight excluding hydrogens is 398 g/mol. The lowest BCUT2D eigenvalue weighted by Crippen LogP contribution is -2.42. The van der Waals surface area contributed by atoms with Crippen molar-refractivity contribution in [2.45, 2.75) is 13.0 Å². The molecule has 0 unspecified atom stereocenters. The van der Waals surface area contributed by atoms with E-state index in [2.05, 4.69) is 6.07 Å². The second kappa shape index (κ2) is 12.2. The van der Waals surface area contributed by atoms with Crippen LogP contribution in [-0.4, -0.2) is 57.7 Å². The number of rotatable bonds is 11. The highest BCUT2D eigenvalue weighted by Crippen LogP contribution is 2.23. The fourth-order valence-corrected chi connectivity index (χ4v) is 3.07. The number of esters is 1. The monoisotopic (exact) mass is 425 g/mol. The van der Waals surface area contributed by atoms with Crippen LogP contribution < -0.4 is 14.4 Å². The third-order valence-electron chi connectivity index (χ3n) is 4.57. The van der Waals surface area contributed by atoms with E-state index in [1.807, 2.05) is 42.5 Å². The van der Waals surface area contributed by atoms with Gasteiger partial charge in [0.2, 0.25) is 5.91 Å². The van der Waals surface area contributed by atoms with Crippen LogP contribution in [0.3, 0.4) is 0 Å². The van der Waals surface area contributed by atoms with Gasteiger partial charge in [-0.3, -0.25) is 14.5 Å². The molecule has 2 rings (SSSR count). The first-order valence-electron chi connectivity index (χ1n) is 9.74. The van der Waals surface area contributed by atoms with E-state index in [1.54, 1.807) is 30.1 Å². The van der Waals surface area contributed by atoms with Gasteiger partial charge in [0.25, 0.3) is 0 Å². The van der Waals surface area contributed by atoms with E-state index in [-0.39, 0.29) is 32.0 Å². The predicted octanol–water partition coefficient (Wildman–Crippen LogP) is 2.63. The molecule has 8 nitrogen and oxygen atoms in total. The van der Waals surface area contributed by atoms with Crippen molar-refractivity contribution in [1.29, 1.82) is 5.26 Å². The molecule has 31 heavy (non-hydrogen) atoms. The summed E-state index contributed by atoms with van der Waals surface area (Å²) in [7, 11) is 4.42. The summed E-state index contributed by atoms with van der Waals surface area (Å²) in [4.78, 5) is 28.4. The van der Waals surface area contributed by atoms with Crippen molar-refractivity contribution in [3.63, 3.8) is 0 Å². The number of ether oxygens (including phenoxy) is 3. The number of carbonyl (C=O) groups is 2. The van der Waals surface area contributed by atoms with E-state index in [0.717, 1.165) is 5.56 Å². The number of benzene rings is 2. The highest BCUT2D eigenvalue weighted by atomic mass is 16.5. The number of nitrogens with zero attached hydrogens (tertiary/aromatic N) is 3. The molecule has 0 aliphatic carbocycles. The van der Waals surface area contributed by atoms with Crippen molar-refractivity contribution in [3.05, 3.63) is 54.1 Å². The zero-order chi connectivity index (χ0) is 22.6. The van der Waals surface area contributed by atoms with E-state index >= 15 is 0 Å². The molecule has 0 aliphatic rings. The van der Waals surface area contributed by atoms with Crippen LogP contribution in [0.25, 0.3) is 0 Å². The normalized spacial score (nSPS) is 10.3. The number of amides is 1. The molecule has 2 aromatic rings. The van der Waals surface area contributed by atoms with Gasteiger partial charge in [-0.25, -0.2) is 0 Å². The summed E-state index contributed by atoms with van der Waals surface area (Å²) in [5.41, 5.74) is 1.51. The first kappa shape index (κ1) is 23.7. The molecule has 0 heterocycles. The number of carbonyl (C=O) groups excluding carboxylic acids is 2. The standard InChI is InChI=1S/C23H27N3O5/c1-29-20-12-18(13-21(14-20)30-2)15-25(17-23(28)31-3)16-22(27)26(11-7-10-24)19-8-5-4-6-9-19/h4-6,8-9,12-14H,7,11,15-17H2,1-3H3. The molecule has 164 valence electrons. The predicted molar refractivity (Wildman–Crippen MR) is 116 cm³/mol. The van der Waals surface area contributed by atoms with E-state index in [4.69, 9.17) is 19.5 Å². The lowest BCUT2D eigenvalue weighted by molar-refractivity contribution is -0.142. The summed E-state index contributed by atoms with van der Waals surface area (Å²) < 4.78 is 15.4. The number of nitriles is 1. The third kappa shape index (κ3) is 7.32. The Bertz CT molecular complexity index is 889. The van der Waals surface area contributed by atoms with Gasteiger partial charge in [-0.15, -0.1) is 0 Å². The largest absolute Gasteiger partial charge is 0.497 e. The second-order valence-corrected chi connectivity index (χ2v) is 6.73. The summed E-state index contributed by atoms with van der Waals surface area (Å²) in [6.45, 7) is 0.464. The lowest BCUT2D eigenvalue weighted by atomic mass is 10.1. The van der Waals surface area contributed by atoms with Gasteiger partial charge >= 0.3 is 5.97 Å². The maximum atomic E-state index is 13.1. The Kier molecular flexibility index (Phi) is 9.33. The first-order valence-corrected chi connectivity index (χ1v) is 9.74. The van der Waals surface area contributed by atoms with Gasteiger partial charge in [0.1, 0.15) is 11.5 Å². The summed E-state index contributed by atoms with van der Waals surface area (Å²) in [5, 5.41) is 8.99. The summed E-state index contributed by atoms with van der Waals surface area (Å²) in [6, 6.07) is 16.6. The fraction of sp³-hybridized carbons (Fsp3) is 0.348. The van der Waals surface area contributed by atoms with Crippen LogP contribution >= 0.6 is 0 Å².